The minimum atomic E-state index is 0.943. The van der Waals surface area contributed by atoms with Crippen molar-refractivity contribution in [1.82, 2.24) is 0 Å². The highest BCUT2D eigenvalue weighted by atomic mass is 15.2. The highest BCUT2D eigenvalue weighted by Gasteiger charge is 2.19. The monoisotopic (exact) mass is 343 g/mol. The van der Waals surface area contributed by atoms with Gasteiger partial charge in [-0.2, -0.15) is 0 Å². The zero-order valence-electron chi connectivity index (χ0n) is 16.2. The molecule has 2 rings (SSSR count). The van der Waals surface area contributed by atoms with Gasteiger partial charge >= 0.3 is 0 Å². The molecular formula is C25H29N. The zero-order chi connectivity index (χ0) is 18.8. The standard InChI is InChI=1S/C25H29N/c1-5-15-21(7-3)25(22(8-4)16-6-2)26(23-17-11-9-12-18-23)24-19-13-10-14-20-24/h5-6,9-20H,1,7-8H2,2-4H3/b16-6+,21-15+,25-22-. The molecule has 1 heteroatoms. The van der Waals surface area contributed by atoms with E-state index < -0.39 is 0 Å². The van der Waals surface area contributed by atoms with Crippen LogP contribution in [-0.2, 0) is 0 Å². The second-order valence-corrected chi connectivity index (χ2v) is 6.02. The lowest BCUT2D eigenvalue weighted by molar-refractivity contribution is 1.00. The molecule has 0 atom stereocenters. The summed E-state index contributed by atoms with van der Waals surface area (Å²) in [6, 6.07) is 21.1. The van der Waals surface area contributed by atoms with Crippen LogP contribution < -0.4 is 4.90 Å². The van der Waals surface area contributed by atoms with Crippen LogP contribution in [0.3, 0.4) is 0 Å². The molecule has 2 aromatic rings. The fourth-order valence-corrected chi connectivity index (χ4v) is 3.13. The first kappa shape index (κ1) is 19.5. The third-order valence-corrected chi connectivity index (χ3v) is 4.31. The molecule has 0 radical (unpaired) electrons. The molecule has 0 aliphatic rings. The Bertz CT molecular complexity index is 740. The highest BCUT2D eigenvalue weighted by molar-refractivity contribution is 5.72. The number of hydrogen-bond acceptors (Lipinski definition) is 1. The topological polar surface area (TPSA) is 3.24 Å². The maximum Gasteiger partial charge on any atom is 0.0525 e. The Labute approximate surface area is 158 Å². The molecular weight excluding hydrogens is 314 g/mol. The van der Waals surface area contributed by atoms with Gasteiger partial charge in [0.25, 0.3) is 0 Å². The van der Waals surface area contributed by atoms with E-state index in [2.05, 4.69) is 111 Å². The summed E-state index contributed by atoms with van der Waals surface area (Å²) >= 11 is 0. The van der Waals surface area contributed by atoms with Crippen LogP contribution in [0.5, 0.6) is 0 Å². The molecule has 1 nitrogen and oxygen atoms in total. The Kier molecular flexibility index (Phi) is 7.70. The predicted molar refractivity (Wildman–Crippen MR) is 116 cm³/mol. The first-order chi connectivity index (χ1) is 12.8. The Hall–Kier alpha value is -2.80. The summed E-state index contributed by atoms with van der Waals surface area (Å²) in [6.45, 7) is 10.4. The average Bonchev–Trinajstić information content (AvgIpc) is 2.70. The van der Waals surface area contributed by atoms with Gasteiger partial charge in [-0.1, -0.05) is 81.1 Å². The number of allylic oxidation sites excluding steroid dienone is 6. The fraction of sp³-hybridized carbons (Fsp3) is 0.200. The fourth-order valence-electron chi connectivity index (χ4n) is 3.13. The molecule has 26 heavy (non-hydrogen) atoms. The van der Waals surface area contributed by atoms with Crippen LogP contribution in [0.4, 0.5) is 11.4 Å². The van der Waals surface area contributed by atoms with Crippen LogP contribution in [0.2, 0.25) is 0 Å². The Morgan fingerprint density at radius 2 is 1.42 bits per heavy atom. The van der Waals surface area contributed by atoms with Crippen molar-refractivity contribution in [3.63, 3.8) is 0 Å². The number of para-hydroxylation sites is 2. The van der Waals surface area contributed by atoms with Gasteiger partial charge in [0.15, 0.2) is 0 Å². The largest absolute Gasteiger partial charge is 0.310 e. The van der Waals surface area contributed by atoms with E-state index in [1.165, 1.54) is 16.8 Å². The van der Waals surface area contributed by atoms with Crippen molar-refractivity contribution in [3.8, 4) is 0 Å². The number of rotatable bonds is 8. The van der Waals surface area contributed by atoms with Crippen LogP contribution in [0.1, 0.15) is 33.6 Å². The number of benzene rings is 2. The summed E-state index contributed by atoms with van der Waals surface area (Å²) in [6.07, 6.45) is 10.3. The van der Waals surface area contributed by atoms with Gasteiger partial charge in [-0.3, -0.25) is 0 Å². The molecule has 0 aliphatic heterocycles. The van der Waals surface area contributed by atoms with E-state index in [0.29, 0.717) is 0 Å². The van der Waals surface area contributed by atoms with E-state index in [-0.39, 0.29) is 0 Å². The third kappa shape index (κ3) is 4.64. The maximum atomic E-state index is 3.93. The van der Waals surface area contributed by atoms with Gasteiger partial charge in [0, 0.05) is 11.4 Å². The number of anilines is 2. The van der Waals surface area contributed by atoms with Crippen molar-refractivity contribution < 1.29 is 0 Å². The van der Waals surface area contributed by atoms with Gasteiger partial charge in [0.05, 0.1) is 5.70 Å². The van der Waals surface area contributed by atoms with E-state index in [9.17, 15) is 0 Å². The van der Waals surface area contributed by atoms with Gasteiger partial charge in [-0.25, -0.2) is 0 Å². The van der Waals surface area contributed by atoms with Gasteiger partial charge < -0.3 is 4.90 Å². The van der Waals surface area contributed by atoms with Gasteiger partial charge in [-0.15, -0.1) is 0 Å². The maximum absolute atomic E-state index is 3.93. The Morgan fingerprint density at radius 3 is 1.81 bits per heavy atom. The van der Waals surface area contributed by atoms with E-state index in [0.717, 1.165) is 24.2 Å². The van der Waals surface area contributed by atoms with Crippen LogP contribution in [0, 0.1) is 0 Å². The second kappa shape index (κ2) is 10.2. The minimum absolute atomic E-state index is 0.943. The minimum Gasteiger partial charge on any atom is -0.310 e. The van der Waals surface area contributed by atoms with Crippen LogP contribution in [0.25, 0.3) is 0 Å². The molecule has 0 unspecified atom stereocenters. The van der Waals surface area contributed by atoms with Crippen molar-refractivity contribution in [3.05, 3.63) is 108 Å². The van der Waals surface area contributed by atoms with Crippen LogP contribution >= 0.6 is 0 Å². The smallest absolute Gasteiger partial charge is 0.0525 e. The quantitative estimate of drug-likeness (QED) is 0.446. The van der Waals surface area contributed by atoms with Crippen molar-refractivity contribution in [1.29, 1.82) is 0 Å². The van der Waals surface area contributed by atoms with Crippen molar-refractivity contribution in [2.45, 2.75) is 33.6 Å². The molecule has 0 fully saturated rings. The molecule has 0 heterocycles. The Balaban J connectivity index is 2.82. The van der Waals surface area contributed by atoms with E-state index in [4.69, 9.17) is 0 Å². The third-order valence-electron chi connectivity index (χ3n) is 4.31. The zero-order valence-corrected chi connectivity index (χ0v) is 16.2. The lowest BCUT2D eigenvalue weighted by Crippen LogP contribution is -2.20. The molecule has 0 spiro atoms. The molecule has 134 valence electrons. The molecule has 0 aromatic heterocycles. The average molecular weight is 344 g/mol. The van der Waals surface area contributed by atoms with Crippen molar-refractivity contribution >= 4 is 11.4 Å². The molecule has 0 saturated heterocycles. The summed E-state index contributed by atoms with van der Waals surface area (Å²) in [5, 5.41) is 0. The normalized spacial score (nSPS) is 12.8. The summed E-state index contributed by atoms with van der Waals surface area (Å²) in [7, 11) is 0. The lowest BCUT2D eigenvalue weighted by atomic mass is 9.98. The van der Waals surface area contributed by atoms with Gasteiger partial charge in [0.1, 0.15) is 0 Å². The second-order valence-electron chi connectivity index (χ2n) is 6.02. The van der Waals surface area contributed by atoms with Crippen molar-refractivity contribution in [2.75, 3.05) is 4.90 Å². The predicted octanol–water partition coefficient (Wildman–Crippen LogP) is 7.59. The molecule has 0 amide bonds. The molecule has 0 bridgehead atoms. The van der Waals surface area contributed by atoms with Crippen molar-refractivity contribution in [2.24, 2.45) is 0 Å². The van der Waals surface area contributed by atoms with E-state index in [1.54, 1.807) is 0 Å². The molecule has 2 aromatic carbocycles. The highest BCUT2D eigenvalue weighted by Crippen LogP contribution is 2.36. The SMILES string of the molecule is C=C/C=C(CC)/C(=C(/C=C/C)CC)N(c1ccccc1)c1ccccc1. The van der Waals surface area contributed by atoms with Gasteiger partial charge in [0.2, 0.25) is 0 Å². The summed E-state index contributed by atoms with van der Waals surface area (Å²) in [5.41, 5.74) is 6.16. The number of nitrogens with zero attached hydrogens (tertiary/aromatic N) is 1. The Morgan fingerprint density at radius 1 is 0.885 bits per heavy atom. The summed E-state index contributed by atoms with van der Waals surface area (Å²) < 4.78 is 0. The van der Waals surface area contributed by atoms with Gasteiger partial charge in [-0.05, 0) is 55.2 Å². The summed E-state index contributed by atoms with van der Waals surface area (Å²) in [5.74, 6) is 0. The summed E-state index contributed by atoms with van der Waals surface area (Å²) in [4.78, 5) is 2.36. The molecule has 0 saturated carbocycles. The molecule has 0 aliphatic carbocycles. The first-order valence-electron chi connectivity index (χ1n) is 9.34. The van der Waals surface area contributed by atoms with Crippen LogP contribution in [0.15, 0.2) is 108 Å². The lowest BCUT2D eigenvalue weighted by Gasteiger charge is -2.31. The van der Waals surface area contributed by atoms with Crippen LogP contribution in [-0.4, -0.2) is 0 Å². The van der Waals surface area contributed by atoms with E-state index >= 15 is 0 Å². The van der Waals surface area contributed by atoms with E-state index in [1.807, 2.05) is 6.08 Å². The first-order valence-corrected chi connectivity index (χ1v) is 9.34. The number of hydrogen-bond donors (Lipinski definition) is 0. The molecule has 0 N–H and O–H groups in total.